The van der Waals surface area contributed by atoms with E-state index in [-0.39, 0.29) is 11.0 Å². The molecule has 1 aromatic rings. The second-order valence-electron chi connectivity index (χ2n) is 9.94. The normalized spacial score (nSPS) is 27.7. The summed E-state index contributed by atoms with van der Waals surface area (Å²) in [6.07, 6.45) is 10.2. The van der Waals surface area contributed by atoms with Crippen LogP contribution in [0.1, 0.15) is 63.4 Å². The average Bonchev–Trinajstić information content (AvgIpc) is 3.67. The van der Waals surface area contributed by atoms with Gasteiger partial charge in [-0.05, 0) is 75.2 Å². The number of nitrogens with zero attached hydrogens (tertiary/aromatic N) is 1. The third-order valence-corrected chi connectivity index (χ3v) is 7.76. The van der Waals surface area contributed by atoms with Crippen LogP contribution in [0.2, 0.25) is 0 Å². The molecule has 5 rings (SSSR count). The predicted octanol–water partition coefficient (Wildman–Crippen LogP) is 4.32. The van der Waals surface area contributed by atoms with Crippen LogP contribution in [0.4, 0.5) is 0 Å². The van der Waals surface area contributed by atoms with Crippen LogP contribution in [0.25, 0.3) is 0 Å². The van der Waals surface area contributed by atoms with E-state index in [2.05, 4.69) is 29.2 Å². The molecule has 4 aliphatic rings. The van der Waals surface area contributed by atoms with Crippen molar-refractivity contribution in [2.24, 2.45) is 11.8 Å². The molecular weight excluding hydrogens is 362 g/mol. The molecule has 2 heterocycles. The molecular formula is C25H35NO3. The van der Waals surface area contributed by atoms with E-state index in [1.165, 1.54) is 18.4 Å². The van der Waals surface area contributed by atoms with Crippen LogP contribution in [0, 0.1) is 11.8 Å². The predicted molar refractivity (Wildman–Crippen MR) is 113 cm³/mol. The quantitative estimate of drug-likeness (QED) is 0.643. The van der Waals surface area contributed by atoms with E-state index in [1.807, 2.05) is 6.07 Å². The van der Waals surface area contributed by atoms with E-state index in [0.29, 0.717) is 11.8 Å². The zero-order chi connectivity index (χ0) is 19.7. The minimum atomic E-state index is -0.235. The molecule has 2 aliphatic heterocycles. The second kappa shape index (κ2) is 8.03. The van der Waals surface area contributed by atoms with Crippen LogP contribution in [-0.2, 0) is 19.7 Å². The molecule has 1 aromatic carbocycles. The third-order valence-electron chi connectivity index (χ3n) is 7.76. The van der Waals surface area contributed by atoms with Crippen molar-refractivity contribution in [3.63, 3.8) is 0 Å². The molecule has 0 radical (unpaired) electrons. The summed E-state index contributed by atoms with van der Waals surface area (Å²) in [5.41, 5.74) is 0.964. The molecule has 0 bridgehead atoms. The van der Waals surface area contributed by atoms with Gasteiger partial charge in [0, 0.05) is 32.9 Å². The number of rotatable bonds is 7. The Kier molecular flexibility index (Phi) is 5.42. The minimum absolute atomic E-state index is 0.000347. The van der Waals surface area contributed by atoms with E-state index in [4.69, 9.17) is 9.47 Å². The first-order chi connectivity index (χ1) is 14.2. The van der Waals surface area contributed by atoms with Gasteiger partial charge < -0.3 is 14.4 Å². The molecule has 2 aliphatic carbocycles. The van der Waals surface area contributed by atoms with E-state index in [1.54, 1.807) is 0 Å². The number of amides is 1. The fraction of sp³-hybridized carbons (Fsp3) is 0.720. The van der Waals surface area contributed by atoms with Crippen LogP contribution < -0.4 is 0 Å². The highest BCUT2D eigenvalue weighted by atomic mass is 16.5. The van der Waals surface area contributed by atoms with Gasteiger partial charge in [-0.25, -0.2) is 0 Å². The molecule has 0 aromatic heterocycles. The molecule has 2 saturated heterocycles. The summed E-state index contributed by atoms with van der Waals surface area (Å²) in [5, 5.41) is 0. The number of hydrogen-bond donors (Lipinski definition) is 0. The highest BCUT2D eigenvalue weighted by Crippen LogP contribution is 2.50. The number of benzene rings is 1. The number of ether oxygens (including phenoxy) is 2. The number of carbonyl (C=O) groups is 1. The minimum Gasteiger partial charge on any atom is -0.381 e. The smallest absolute Gasteiger partial charge is 0.233 e. The lowest BCUT2D eigenvalue weighted by Gasteiger charge is -2.47. The van der Waals surface area contributed by atoms with Crippen molar-refractivity contribution in [2.75, 3.05) is 32.9 Å². The molecule has 1 atom stereocenters. The van der Waals surface area contributed by atoms with Gasteiger partial charge in [-0.2, -0.15) is 0 Å². The molecule has 1 spiro atoms. The van der Waals surface area contributed by atoms with Crippen LogP contribution >= 0.6 is 0 Å². The van der Waals surface area contributed by atoms with E-state index in [0.717, 1.165) is 83.8 Å². The Bertz CT molecular complexity index is 702. The summed E-state index contributed by atoms with van der Waals surface area (Å²) in [4.78, 5) is 15.4. The lowest BCUT2D eigenvalue weighted by atomic mass is 9.78. The molecule has 29 heavy (non-hydrogen) atoms. The van der Waals surface area contributed by atoms with E-state index in [9.17, 15) is 4.79 Å². The summed E-state index contributed by atoms with van der Waals surface area (Å²) in [7, 11) is 0. The number of piperidine rings is 1. The fourth-order valence-electron chi connectivity index (χ4n) is 5.44. The molecule has 0 N–H and O–H groups in total. The number of hydrogen-bond acceptors (Lipinski definition) is 3. The maximum absolute atomic E-state index is 13.3. The summed E-state index contributed by atoms with van der Waals surface area (Å²) < 4.78 is 12.2. The maximum Gasteiger partial charge on any atom is 0.233 e. The van der Waals surface area contributed by atoms with Crippen LogP contribution in [0.3, 0.4) is 0 Å². The molecule has 2 saturated carbocycles. The van der Waals surface area contributed by atoms with Crippen molar-refractivity contribution in [3.05, 3.63) is 35.9 Å². The first-order valence-electron chi connectivity index (χ1n) is 11.8. The summed E-state index contributed by atoms with van der Waals surface area (Å²) in [6, 6.07) is 10.4. The van der Waals surface area contributed by atoms with Crippen molar-refractivity contribution < 1.29 is 14.3 Å². The highest BCUT2D eigenvalue weighted by molar-refractivity contribution is 5.91. The van der Waals surface area contributed by atoms with Crippen molar-refractivity contribution in [2.45, 2.75) is 68.8 Å². The Morgan fingerprint density at radius 3 is 2.48 bits per heavy atom. The van der Waals surface area contributed by atoms with Gasteiger partial charge in [-0.3, -0.25) is 4.79 Å². The van der Waals surface area contributed by atoms with E-state index < -0.39 is 0 Å². The van der Waals surface area contributed by atoms with Gasteiger partial charge in [-0.15, -0.1) is 0 Å². The molecule has 4 nitrogen and oxygen atoms in total. The van der Waals surface area contributed by atoms with Crippen molar-refractivity contribution in [1.29, 1.82) is 0 Å². The van der Waals surface area contributed by atoms with Gasteiger partial charge in [0.1, 0.15) is 0 Å². The van der Waals surface area contributed by atoms with Crippen LogP contribution in [0.15, 0.2) is 30.3 Å². The lowest BCUT2D eigenvalue weighted by molar-refractivity contribution is -0.150. The first-order valence-corrected chi connectivity index (χ1v) is 11.8. The molecule has 4 heteroatoms. The lowest BCUT2D eigenvalue weighted by Crippen LogP contribution is -2.52. The van der Waals surface area contributed by atoms with Crippen LogP contribution in [0.5, 0.6) is 0 Å². The van der Waals surface area contributed by atoms with Crippen molar-refractivity contribution >= 4 is 5.91 Å². The zero-order valence-corrected chi connectivity index (χ0v) is 17.6. The highest BCUT2D eigenvalue weighted by Gasteiger charge is 2.54. The Balaban J connectivity index is 1.13. The topological polar surface area (TPSA) is 38.8 Å². The number of likely N-dealkylation sites (tertiary alicyclic amines) is 1. The van der Waals surface area contributed by atoms with Gasteiger partial charge in [0.2, 0.25) is 5.91 Å². The summed E-state index contributed by atoms with van der Waals surface area (Å²) in [6.45, 7) is 4.43. The Morgan fingerprint density at radius 2 is 1.79 bits per heavy atom. The molecule has 1 amide bonds. The largest absolute Gasteiger partial charge is 0.381 e. The van der Waals surface area contributed by atoms with Crippen molar-refractivity contribution in [3.8, 4) is 0 Å². The average molecular weight is 398 g/mol. The van der Waals surface area contributed by atoms with Gasteiger partial charge in [0.15, 0.2) is 0 Å². The van der Waals surface area contributed by atoms with E-state index >= 15 is 0 Å². The molecule has 4 fully saturated rings. The Labute approximate surface area is 174 Å². The fourth-order valence-corrected chi connectivity index (χ4v) is 5.44. The van der Waals surface area contributed by atoms with Crippen molar-refractivity contribution in [1.82, 2.24) is 4.90 Å². The van der Waals surface area contributed by atoms with Gasteiger partial charge >= 0.3 is 0 Å². The standard InChI is InChI=1S/C25H35NO3/c27-23(25(10-11-25)22-4-2-1-3-5-22)26-14-12-24(13-15-26)18-20(9-17-29-24)8-16-28-19-21-6-7-21/h1-5,20-21H,6-19H2. The molecule has 158 valence electrons. The second-order valence-corrected chi connectivity index (χ2v) is 9.94. The first kappa shape index (κ1) is 19.6. The Hall–Kier alpha value is -1.39. The maximum atomic E-state index is 13.3. The summed E-state index contributed by atoms with van der Waals surface area (Å²) in [5.74, 6) is 1.91. The van der Waals surface area contributed by atoms with Gasteiger partial charge in [0.05, 0.1) is 11.0 Å². The monoisotopic (exact) mass is 397 g/mol. The Morgan fingerprint density at radius 1 is 1.03 bits per heavy atom. The molecule has 1 unspecified atom stereocenters. The van der Waals surface area contributed by atoms with Crippen LogP contribution in [-0.4, -0.2) is 49.3 Å². The SMILES string of the molecule is O=C(N1CCC2(CC1)CC(CCOCC1CC1)CCO2)C1(c2ccccc2)CC1. The third kappa shape index (κ3) is 4.25. The van der Waals surface area contributed by atoms with Gasteiger partial charge in [-0.1, -0.05) is 30.3 Å². The number of carbonyl (C=O) groups excluding carboxylic acids is 1. The summed E-state index contributed by atoms with van der Waals surface area (Å²) >= 11 is 0. The van der Waals surface area contributed by atoms with Gasteiger partial charge in [0.25, 0.3) is 0 Å². The zero-order valence-electron chi connectivity index (χ0n) is 17.6.